The van der Waals surface area contributed by atoms with Gasteiger partial charge in [-0.25, -0.2) is 4.68 Å². The molecule has 5 rings (SSSR count). The van der Waals surface area contributed by atoms with Crippen molar-refractivity contribution in [3.63, 3.8) is 0 Å². The van der Waals surface area contributed by atoms with Crippen LogP contribution in [0.3, 0.4) is 0 Å². The fraction of sp³-hybridized carbons (Fsp3) is 0.325. The Kier molecular flexibility index (Phi) is 14.1. The minimum atomic E-state index is 0. The molecule has 1 unspecified atom stereocenters. The van der Waals surface area contributed by atoms with Crippen LogP contribution >= 0.6 is 0 Å². The number of rotatable bonds is 9. The van der Waals surface area contributed by atoms with Crippen LogP contribution in [0, 0.1) is 41.5 Å². The van der Waals surface area contributed by atoms with Crippen LogP contribution in [-0.2, 0) is 27.6 Å². The van der Waals surface area contributed by atoms with Crippen molar-refractivity contribution in [2.45, 2.75) is 74.4 Å². The molecule has 0 saturated heterocycles. The summed E-state index contributed by atoms with van der Waals surface area (Å²) in [5.74, 6) is 0. The topological polar surface area (TPSA) is 55.1 Å². The summed E-state index contributed by atoms with van der Waals surface area (Å²) in [6, 6.07) is 29.0. The van der Waals surface area contributed by atoms with Gasteiger partial charge >= 0.3 is 21.1 Å². The second-order valence-corrected chi connectivity index (χ2v) is 12.8. The van der Waals surface area contributed by atoms with E-state index < -0.39 is 0 Å². The number of aryl methyl sites for hydroxylation is 6. The largest absolute Gasteiger partial charge is 2.00 e. The van der Waals surface area contributed by atoms with E-state index in [1.807, 2.05) is 38.0 Å². The van der Waals surface area contributed by atoms with Gasteiger partial charge in [0.15, 0.2) is 0 Å². The van der Waals surface area contributed by atoms with Gasteiger partial charge in [-0.15, -0.1) is 5.10 Å². The molecule has 1 heterocycles. The van der Waals surface area contributed by atoms with Crippen molar-refractivity contribution in [1.29, 1.82) is 0 Å². The molecule has 7 heteroatoms. The van der Waals surface area contributed by atoms with Gasteiger partial charge in [0, 0.05) is 30.8 Å². The number of hydrogen-bond donors (Lipinski definition) is 1. The third-order valence-electron chi connectivity index (χ3n) is 8.77. The first-order valence-electron chi connectivity index (χ1n) is 16.3. The molecule has 5 nitrogen and oxygen atoms in total. The Morgan fingerprint density at radius 3 is 1.87 bits per heavy atom. The zero-order chi connectivity index (χ0) is 33.4. The third-order valence-corrected chi connectivity index (χ3v) is 8.77. The molecule has 1 aromatic heterocycles. The fourth-order valence-corrected chi connectivity index (χ4v) is 6.56. The summed E-state index contributed by atoms with van der Waals surface area (Å²) in [6.07, 6.45) is 3.10. The molecule has 4 aromatic carbocycles. The molecule has 0 aliphatic rings. The normalized spacial score (nSPS) is 11.7. The number of nitrogens with one attached hydrogen (secondary N) is 1. The number of aliphatic imine (C=N–C) groups is 1. The fourth-order valence-electron chi connectivity index (χ4n) is 6.56. The van der Waals surface area contributed by atoms with Crippen LogP contribution in [0.5, 0.6) is 0 Å². The maximum absolute atomic E-state index is 4.53. The SMILES string of the molecule is CN=C(C)CC(C)NC.Cc1cc(C)c(B(c2cccc(-c3cn(Cc4ccccc4)nn3)c2)c2c(C)cc(C)cc2C)c(C)c1.[Pt+2]. The molecular weight excluding hydrogens is 756 g/mol. The smallest absolute Gasteiger partial charge is 0.317 e. The van der Waals surface area contributed by atoms with Crippen LogP contribution < -0.4 is 21.7 Å². The molecule has 1 atom stereocenters. The summed E-state index contributed by atoms with van der Waals surface area (Å²) in [4.78, 5) is 4.05. The first kappa shape index (κ1) is 37.9. The molecule has 0 radical (unpaired) electrons. The van der Waals surface area contributed by atoms with Gasteiger partial charge in [0.25, 0.3) is 0 Å². The molecule has 1 N–H and O–H groups in total. The van der Waals surface area contributed by atoms with Gasteiger partial charge in [0.05, 0.1) is 12.7 Å². The summed E-state index contributed by atoms with van der Waals surface area (Å²) in [6.45, 7) is 18.4. The maximum Gasteiger partial charge on any atom is 2.00 e. The number of benzene rings is 4. The molecule has 0 bridgehead atoms. The molecule has 47 heavy (non-hydrogen) atoms. The minimum absolute atomic E-state index is 0. The Bertz CT molecular complexity index is 1690. The Labute approximate surface area is 297 Å². The Hall–Kier alpha value is -3.60. The first-order chi connectivity index (χ1) is 22.0. The molecule has 0 fully saturated rings. The van der Waals surface area contributed by atoms with E-state index in [0.29, 0.717) is 12.6 Å². The molecule has 5 aromatic rings. The number of aromatic nitrogens is 3. The van der Waals surface area contributed by atoms with Crippen molar-refractivity contribution >= 4 is 28.8 Å². The predicted molar refractivity (Wildman–Crippen MR) is 199 cm³/mol. The van der Waals surface area contributed by atoms with E-state index >= 15 is 0 Å². The second kappa shape index (κ2) is 17.5. The molecule has 0 aliphatic carbocycles. The standard InChI is InChI=1S/C33H34BN3.C7H16N2.Pt/c1-22-15-24(3)32(25(4)16-22)34(33-26(5)17-23(2)18-27(33)6)30-14-10-13-29(19-30)31-21-37(36-35-31)20-28-11-8-7-9-12-28;1-6(8-3)5-7(2)9-4;/h7-19,21H,20H2,1-6H3;6,8H,5H2,1-4H3;/q;;+2. The van der Waals surface area contributed by atoms with E-state index in [2.05, 4.69) is 142 Å². The molecule has 0 aliphatic heterocycles. The van der Waals surface area contributed by atoms with Gasteiger partial charge in [0.1, 0.15) is 5.69 Å². The second-order valence-electron chi connectivity index (χ2n) is 12.8. The summed E-state index contributed by atoms with van der Waals surface area (Å²) in [5, 5.41) is 12.1. The Morgan fingerprint density at radius 1 is 0.809 bits per heavy atom. The Balaban J connectivity index is 0.000000528. The van der Waals surface area contributed by atoms with Crippen molar-refractivity contribution in [3.05, 3.63) is 124 Å². The zero-order valence-electron chi connectivity index (χ0n) is 29.8. The number of nitrogens with zero attached hydrogens (tertiary/aromatic N) is 4. The van der Waals surface area contributed by atoms with Crippen LogP contribution in [-0.4, -0.2) is 47.6 Å². The van der Waals surface area contributed by atoms with E-state index in [4.69, 9.17) is 0 Å². The first-order valence-corrected chi connectivity index (χ1v) is 16.3. The van der Waals surface area contributed by atoms with Gasteiger partial charge in [-0.2, -0.15) is 0 Å². The zero-order valence-corrected chi connectivity index (χ0v) is 32.0. The number of hydrogen-bond acceptors (Lipinski definition) is 4. The summed E-state index contributed by atoms with van der Waals surface area (Å²) < 4.78 is 1.91. The van der Waals surface area contributed by atoms with Crippen molar-refractivity contribution in [1.82, 2.24) is 20.3 Å². The quantitative estimate of drug-likeness (QED) is 0.138. The van der Waals surface area contributed by atoms with Gasteiger partial charge in [-0.05, 0) is 68.0 Å². The van der Waals surface area contributed by atoms with E-state index in [9.17, 15) is 0 Å². The molecule has 246 valence electrons. The van der Waals surface area contributed by atoms with Crippen LogP contribution in [0.4, 0.5) is 0 Å². The molecule has 0 spiro atoms. The minimum Gasteiger partial charge on any atom is -0.317 e. The van der Waals surface area contributed by atoms with Gasteiger partial charge in [0.2, 0.25) is 6.71 Å². The average molecular weight is 807 g/mol. The predicted octanol–water partition coefficient (Wildman–Crippen LogP) is 6.43. The van der Waals surface area contributed by atoms with E-state index in [1.54, 1.807) is 0 Å². The molecule has 0 amide bonds. The van der Waals surface area contributed by atoms with Crippen LogP contribution in [0.25, 0.3) is 11.3 Å². The van der Waals surface area contributed by atoms with Crippen molar-refractivity contribution in [3.8, 4) is 11.3 Å². The van der Waals surface area contributed by atoms with E-state index in [0.717, 1.165) is 17.7 Å². The monoisotopic (exact) mass is 806 g/mol. The summed E-state index contributed by atoms with van der Waals surface area (Å²) >= 11 is 0. The molecule has 0 saturated carbocycles. The third kappa shape index (κ3) is 9.95. The van der Waals surface area contributed by atoms with Crippen LogP contribution in [0.1, 0.15) is 59.2 Å². The summed E-state index contributed by atoms with van der Waals surface area (Å²) in [7, 11) is 3.80. The maximum atomic E-state index is 4.53. The average Bonchev–Trinajstić information content (AvgIpc) is 3.48. The van der Waals surface area contributed by atoms with E-state index in [1.165, 1.54) is 61.0 Å². The van der Waals surface area contributed by atoms with Gasteiger partial charge in [-0.3, -0.25) is 4.99 Å². The van der Waals surface area contributed by atoms with Crippen LogP contribution in [0.2, 0.25) is 0 Å². The van der Waals surface area contributed by atoms with E-state index in [-0.39, 0.29) is 27.8 Å². The van der Waals surface area contributed by atoms with Crippen molar-refractivity contribution in [2.24, 2.45) is 4.99 Å². The van der Waals surface area contributed by atoms with Gasteiger partial charge in [-0.1, -0.05) is 134 Å². The summed E-state index contributed by atoms with van der Waals surface area (Å²) in [5.41, 5.74) is 16.4. The van der Waals surface area contributed by atoms with Gasteiger partial charge < -0.3 is 5.32 Å². The Morgan fingerprint density at radius 2 is 1.36 bits per heavy atom. The van der Waals surface area contributed by atoms with Crippen molar-refractivity contribution < 1.29 is 21.1 Å². The molecular formula is C40H50BN5Pt+2. The van der Waals surface area contributed by atoms with Crippen molar-refractivity contribution in [2.75, 3.05) is 14.1 Å². The van der Waals surface area contributed by atoms with Crippen LogP contribution in [0.15, 0.2) is 90.1 Å².